The van der Waals surface area contributed by atoms with Crippen LogP contribution in [0, 0.1) is 5.82 Å². The molecule has 0 spiro atoms. The number of carbonyl (C=O) groups is 1. The van der Waals surface area contributed by atoms with Gasteiger partial charge < -0.3 is 10.2 Å². The number of nitrogens with zero attached hydrogens (tertiary/aromatic N) is 2. The van der Waals surface area contributed by atoms with Crippen molar-refractivity contribution >= 4 is 46.2 Å². The molecule has 1 fully saturated rings. The number of halogens is 3. The van der Waals surface area contributed by atoms with Gasteiger partial charge in [0.2, 0.25) is 5.91 Å². The Bertz CT molecular complexity index is 880. The van der Waals surface area contributed by atoms with Crippen molar-refractivity contribution in [1.82, 2.24) is 10.2 Å². The Balaban J connectivity index is 0.00000225. The highest BCUT2D eigenvalue weighted by atomic mass is 35.5. The van der Waals surface area contributed by atoms with Crippen LogP contribution in [0.25, 0.3) is 0 Å². The summed E-state index contributed by atoms with van der Waals surface area (Å²) in [6.45, 7) is 10.8. The molecule has 1 unspecified atom stereocenters. The number of rotatable bonds is 5. The lowest BCUT2D eigenvalue weighted by molar-refractivity contribution is -0.120. The molecule has 1 N–H and O–H groups in total. The number of anilines is 1. The number of nitrogens with one attached hydrogen (secondary N) is 1. The van der Waals surface area contributed by atoms with Gasteiger partial charge in [-0.2, -0.15) is 0 Å². The standard InChI is InChI=1S/C20H30FN3O3S.2ClH/c1-5-8-28(26,27)18-10-17-15(9-16(18)21)20(3,4)13-24(17)19(25)12-23-7-6-22-14(2)11-23;;/h9-10,14,22H,5-8,11-13H2,1-4H3;2*1H. The summed E-state index contributed by atoms with van der Waals surface area (Å²) in [5.41, 5.74) is 0.770. The van der Waals surface area contributed by atoms with E-state index in [0.717, 1.165) is 19.6 Å². The van der Waals surface area contributed by atoms with E-state index in [9.17, 15) is 17.6 Å². The van der Waals surface area contributed by atoms with Crippen molar-refractivity contribution in [3.05, 3.63) is 23.5 Å². The summed E-state index contributed by atoms with van der Waals surface area (Å²) in [5, 5.41) is 3.35. The minimum atomic E-state index is -3.72. The van der Waals surface area contributed by atoms with E-state index >= 15 is 0 Å². The number of piperazine rings is 1. The van der Waals surface area contributed by atoms with Crippen molar-refractivity contribution in [3.63, 3.8) is 0 Å². The molecular formula is C20H32Cl2FN3O3S. The number of hydrogen-bond donors (Lipinski definition) is 1. The molecule has 30 heavy (non-hydrogen) atoms. The predicted octanol–water partition coefficient (Wildman–Crippen LogP) is 2.77. The minimum absolute atomic E-state index is 0. The Hall–Kier alpha value is -0.930. The summed E-state index contributed by atoms with van der Waals surface area (Å²) in [5.74, 6) is -0.921. The second kappa shape index (κ2) is 10.1. The first-order valence-corrected chi connectivity index (χ1v) is 11.5. The SMILES string of the molecule is CCCS(=O)(=O)c1cc2c(cc1F)C(C)(C)CN2C(=O)CN1CCNC(C)C1.Cl.Cl. The Morgan fingerprint density at radius 3 is 2.57 bits per heavy atom. The van der Waals surface area contributed by atoms with Crippen molar-refractivity contribution < 1.29 is 17.6 Å². The molecule has 0 bridgehead atoms. The van der Waals surface area contributed by atoms with E-state index in [0.29, 0.717) is 30.3 Å². The van der Waals surface area contributed by atoms with Crippen molar-refractivity contribution in [2.24, 2.45) is 0 Å². The van der Waals surface area contributed by atoms with Crippen LogP contribution in [0.4, 0.5) is 10.1 Å². The number of fused-ring (bicyclic) bond motifs is 1. The third-order valence-corrected chi connectivity index (χ3v) is 7.47. The van der Waals surface area contributed by atoms with E-state index in [1.807, 2.05) is 13.8 Å². The third-order valence-electron chi connectivity index (χ3n) is 5.54. The fourth-order valence-electron chi connectivity index (χ4n) is 4.15. The van der Waals surface area contributed by atoms with Gasteiger partial charge in [0.1, 0.15) is 10.7 Å². The number of sulfone groups is 1. The van der Waals surface area contributed by atoms with Crippen molar-refractivity contribution in [2.45, 2.75) is 50.5 Å². The van der Waals surface area contributed by atoms with Gasteiger partial charge >= 0.3 is 0 Å². The van der Waals surface area contributed by atoms with E-state index in [4.69, 9.17) is 0 Å². The summed E-state index contributed by atoms with van der Waals surface area (Å²) < 4.78 is 39.6. The van der Waals surface area contributed by atoms with Gasteiger partial charge in [-0.3, -0.25) is 9.69 Å². The Labute approximate surface area is 191 Å². The zero-order valence-electron chi connectivity index (χ0n) is 17.9. The predicted molar refractivity (Wildman–Crippen MR) is 123 cm³/mol. The molecule has 0 aliphatic carbocycles. The molecule has 0 saturated carbocycles. The topological polar surface area (TPSA) is 69.7 Å². The van der Waals surface area contributed by atoms with Crippen LogP contribution >= 0.6 is 24.8 Å². The first-order chi connectivity index (χ1) is 13.0. The molecule has 1 aromatic carbocycles. The fraction of sp³-hybridized carbons (Fsp3) is 0.650. The van der Waals surface area contributed by atoms with E-state index < -0.39 is 21.1 Å². The number of benzene rings is 1. The van der Waals surface area contributed by atoms with E-state index in [-0.39, 0.29) is 47.9 Å². The van der Waals surface area contributed by atoms with Crippen molar-refractivity contribution in [2.75, 3.05) is 43.4 Å². The van der Waals surface area contributed by atoms with Gasteiger partial charge in [0.15, 0.2) is 9.84 Å². The first kappa shape index (κ1) is 27.1. The molecule has 10 heteroatoms. The van der Waals surface area contributed by atoms with Gasteiger partial charge in [-0.25, -0.2) is 12.8 Å². The van der Waals surface area contributed by atoms with Crippen molar-refractivity contribution in [3.8, 4) is 0 Å². The summed E-state index contributed by atoms with van der Waals surface area (Å²) >= 11 is 0. The molecule has 1 atom stereocenters. The second-order valence-electron chi connectivity index (χ2n) is 8.57. The van der Waals surface area contributed by atoms with Crippen LogP contribution in [0.3, 0.4) is 0 Å². The van der Waals surface area contributed by atoms with Gasteiger partial charge in [-0.1, -0.05) is 20.8 Å². The van der Waals surface area contributed by atoms with Crippen LogP contribution in [0.2, 0.25) is 0 Å². The van der Waals surface area contributed by atoms with Gasteiger partial charge in [-0.05, 0) is 31.0 Å². The van der Waals surface area contributed by atoms with Crippen LogP contribution < -0.4 is 10.2 Å². The van der Waals surface area contributed by atoms with Crippen LogP contribution in [-0.4, -0.2) is 63.7 Å². The molecule has 2 heterocycles. The lowest BCUT2D eigenvalue weighted by Gasteiger charge is -2.32. The molecule has 2 aliphatic rings. The molecule has 2 aliphatic heterocycles. The molecule has 1 aromatic rings. The number of hydrogen-bond acceptors (Lipinski definition) is 5. The van der Waals surface area contributed by atoms with Crippen molar-refractivity contribution in [1.29, 1.82) is 0 Å². The minimum Gasteiger partial charge on any atom is -0.312 e. The number of amides is 1. The molecule has 1 amide bonds. The molecule has 0 aromatic heterocycles. The highest BCUT2D eigenvalue weighted by molar-refractivity contribution is 7.91. The van der Waals surface area contributed by atoms with E-state index in [1.54, 1.807) is 11.8 Å². The summed E-state index contributed by atoms with van der Waals surface area (Å²) in [6, 6.07) is 2.99. The quantitative estimate of drug-likeness (QED) is 0.696. The van der Waals surface area contributed by atoms with E-state index in [1.165, 1.54) is 12.1 Å². The maximum absolute atomic E-state index is 14.7. The van der Waals surface area contributed by atoms with Crippen LogP contribution in [0.1, 0.15) is 39.7 Å². The third kappa shape index (κ3) is 5.46. The lowest BCUT2D eigenvalue weighted by Crippen LogP contribution is -2.52. The second-order valence-corrected chi connectivity index (χ2v) is 10.7. The molecule has 6 nitrogen and oxygen atoms in total. The maximum atomic E-state index is 14.7. The normalized spacial score (nSPS) is 20.8. The highest BCUT2D eigenvalue weighted by Gasteiger charge is 2.40. The van der Waals surface area contributed by atoms with Gasteiger partial charge in [-0.15, -0.1) is 24.8 Å². The highest BCUT2D eigenvalue weighted by Crippen LogP contribution is 2.42. The van der Waals surface area contributed by atoms with E-state index in [2.05, 4.69) is 17.1 Å². The average molecular weight is 484 g/mol. The monoisotopic (exact) mass is 483 g/mol. The fourth-order valence-corrected chi connectivity index (χ4v) is 5.55. The lowest BCUT2D eigenvalue weighted by atomic mass is 9.87. The van der Waals surface area contributed by atoms with Crippen LogP contribution in [-0.2, 0) is 20.0 Å². The van der Waals surface area contributed by atoms with Gasteiger partial charge in [0.25, 0.3) is 0 Å². The average Bonchev–Trinajstić information content (AvgIpc) is 2.85. The van der Waals surface area contributed by atoms with Gasteiger partial charge in [0.05, 0.1) is 12.3 Å². The first-order valence-electron chi connectivity index (χ1n) is 9.88. The van der Waals surface area contributed by atoms with Crippen LogP contribution in [0.5, 0.6) is 0 Å². The molecule has 1 saturated heterocycles. The summed E-state index contributed by atoms with van der Waals surface area (Å²) in [6.07, 6.45) is 0.411. The Kier molecular flexibility index (Phi) is 9.15. The largest absolute Gasteiger partial charge is 0.312 e. The Morgan fingerprint density at radius 2 is 1.97 bits per heavy atom. The molecule has 0 radical (unpaired) electrons. The zero-order chi connectivity index (χ0) is 20.7. The maximum Gasteiger partial charge on any atom is 0.241 e. The summed E-state index contributed by atoms with van der Waals surface area (Å²) in [4.78, 5) is 16.5. The number of carbonyl (C=O) groups excluding carboxylic acids is 1. The summed E-state index contributed by atoms with van der Waals surface area (Å²) in [7, 11) is -3.72. The molecule has 3 rings (SSSR count). The Morgan fingerprint density at radius 1 is 1.30 bits per heavy atom. The molecular weight excluding hydrogens is 452 g/mol. The zero-order valence-corrected chi connectivity index (χ0v) is 20.4. The van der Waals surface area contributed by atoms with Crippen LogP contribution in [0.15, 0.2) is 17.0 Å². The molecule has 172 valence electrons. The smallest absolute Gasteiger partial charge is 0.241 e. The van der Waals surface area contributed by atoms with Gasteiger partial charge in [0, 0.05) is 43.3 Å².